The molecule has 7 heteroatoms. The summed E-state index contributed by atoms with van der Waals surface area (Å²) in [6.07, 6.45) is 1.61. The van der Waals surface area contributed by atoms with Crippen molar-refractivity contribution in [3.05, 3.63) is 84.3 Å². The van der Waals surface area contributed by atoms with Crippen molar-refractivity contribution in [3.8, 4) is 0 Å². The molecular formula is C21H18FN3O2S. The van der Waals surface area contributed by atoms with Gasteiger partial charge in [0.15, 0.2) is 0 Å². The highest BCUT2D eigenvalue weighted by Gasteiger charge is 2.16. The van der Waals surface area contributed by atoms with Crippen LogP contribution in [0.25, 0.3) is 0 Å². The standard InChI is InChI=1S/C21H18FN3O2S/c1-14(20(26)25-19-11-4-5-12-23-19)28-16-8-6-7-15(13-16)24-21(27)17-9-2-3-10-18(17)22/h2-14H,1H3,(H,24,27)(H,23,25,26). The maximum atomic E-state index is 13.7. The van der Waals surface area contributed by atoms with Crippen LogP contribution in [-0.4, -0.2) is 22.0 Å². The first kappa shape index (κ1) is 19.6. The molecule has 142 valence electrons. The van der Waals surface area contributed by atoms with E-state index in [0.29, 0.717) is 11.5 Å². The maximum Gasteiger partial charge on any atom is 0.258 e. The fraction of sp³-hybridized carbons (Fsp3) is 0.0952. The minimum absolute atomic E-state index is 0.0244. The van der Waals surface area contributed by atoms with Crippen molar-refractivity contribution >= 4 is 35.1 Å². The third kappa shape index (κ3) is 5.17. The van der Waals surface area contributed by atoms with Crippen LogP contribution in [0.1, 0.15) is 17.3 Å². The van der Waals surface area contributed by atoms with Gasteiger partial charge < -0.3 is 10.6 Å². The van der Waals surface area contributed by atoms with Crippen molar-refractivity contribution in [2.75, 3.05) is 10.6 Å². The summed E-state index contributed by atoms with van der Waals surface area (Å²) in [7, 11) is 0. The minimum Gasteiger partial charge on any atom is -0.322 e. The third-order valence-corrected chi connectivity index (χ3v) is 4.90. The van der Waals surface area contributed by atoms with Crippen molar-refractivity contribution in [2.24, 2.45) is 0 Å². The highest BCUT2D eigenvalue weighted by atomic mass is 32.2. The molecule has 2 amide bonds. The molecule has 1 atom stereocenters. The van der Waals surface area contributed by atoms with E-state index in [-0.39, 0.29) is 16.7 Å². The second-order valence-electron chi connectivity index (χ2n) is 5.93. The molecule has 1 unspecified atom stereocenters. The van der Waals surface area contributed by atoms with Gasteiger partial charge in [-0.2, -0.15) is 0 Å². The Kier molecular flexibility index (Phi) is 6.39. The van der Waals surface area contributed by atoms with Gasteiger partial charge in [-0.25, -0.2) is 9.37 Å². The van der Waals surface area contributed by atoms with Crippen LogP contribution in [0.5, 0.6) is 0 Å². The summed E-state index contributed by atoms with van der Waals surface area (Å²) in [6.45, 7) is 1.79. The summed E-state index contributed by atoms with van der Waals surface area (Å²) in [4.78, 5) is 29.4. The molecule has 3 aromatic rings. The number of halogens is 1. The normalized spacial score (nSPS) is 11.5. The van der Waals surface area contributed by atoms with Gasteiger partial charge in [0.2, 0.25) is 5.91 Å². The monoisotopic (exact) mass is 395 g/mol. The van der Waals surface area contributed by atoms with Crippen LogP contribution < -0.4 is 10.6 Å². The summed E-state index contributed by atoms with van der Waals surface area (Å²) in [5, 5.41) is 5.06. The summed E-state index contributed by atoms with van der Waals surface area (Å²) in [5.41, 5.74) is 0.499. The molecule has 5 nitrogen and oxygen atoms in total. The number of rotatable bonds is 6. The Morgan fingerprint density at radius 2 is 1.79 bits per heavy atom. The number of anilines is 2. The Bertz CT molecular complexity index is 982. The summed E-state index contributed by atoms with van der Waals surface area (Å²) >= 11 is 1.35. The van der Waals surface area contributed by atoms with E-state index < -0.39 is 11.7 Å². The molecule has 0 fully saturated rings. The molecule has 0 aliphatic heterocycles. The molecule has 0 aliphatic rings. The SMILES string of the molecule is CC(Sc1cccc(NC(=O)c2ccccc2F)c1)C(=O)Nc1ccccn1. The molecule has 0 bridgehead atoms. The highest BCUT2D eigenvalue weighted by molar-refractivity contribution is 8.00. The zero-order chi connectivity index (χ0) is 19.9. The van der Waals surface area contributed by atoms with Crippen molar-refractivity contribution in [3.63, 3.8) is 0 Å². The van der Waals surface area contributed by atoms with Crippen LogP contribution in [0.3, 0.4) is 0 Å². The summed E-state index contributed by atoms with van der Waals surface area (Å²) < 4.78 is 13.7. The van der Waals surface area contributed by atoms with E-state index >= 15 is 0 Å². The number of pyridine rings is 1. The molecule has 28 heavy (non-hydrogen) atoms. The van der Waals surface area contributed by atoms with Gasteiger partial charge in [0.1, 0.15) is 11.6 Å². The van der Waals surface area contributed by atoms with Gasteiger partial charge in [-0.05, 0) is 49.4 Å². The average Bonchev–Trinajstić information content (AvgIpc) is 2.69. The summed E-state index contributed by atoms with van der Waals surface area (Å²) in [5.74, 6) is -0.790. The second kappa shape index (κ2) is 9.14. The van der Waals surface area contributed by atoms with E-state index in [4.69, 9.17) is 0 Å². The van der Waals surface area contributed by atoms with E-state index in [1.807, 2.05) is 6.07 Å². The largest absolute Gasteiger partial charge is 0.322 e. The first-order valence-corrected chi connectivity index (χ1v) is 9.45. The van der Waals surface area contributed by atoms with Gasteiger partial charge in [0.05, 0.1) is 10.8 Å². The Hall–Kier alpha value is -3.19. The van der Waals surface area contributed by atoms with Gasteiger partial charge in [0, 0.05) is 16.8 Å². The Labute approximate surface area is 166 Å². The molecule has 2 aromatic carbocycles. The Morgan fingerprint density at radius 3 is 2.54 bits per heavy atom. The minimum atomic E-state index is -0.578. The lowest BCUT2D eigenvalue weighted by atomic mass is 10.2. The molecule has 0 radical (unpaired) electrons. The van der Waals surface area contributed by atoms with Gasteiger partial charge in [-0.3, -0.25) is 9.59 Å². The number of nitrogens with zero attached hydrogens (tertiary/aromatic N) is 1. The van der Waals surface area contributed by atoms with Crippen LogP contribution >= 0.6 is 11.8 Å². The fourth-order valence-electron chi connectivity index (χ4n) is 2.41. The lowest BCUT2D eigenvalue weighted by molar-refractivity contribution is -0.115. The number of thioether (sulfide) groups is 1. The van der Waals surface area contributed by atoms with Crippen LogP contribution in [-0.2, 0) is 4.79 Å². The molecular weight excluding hydrogens is 377 g/mol. The molecule has 0 spiro atoms. The molecule has 0 saturated heterocycles. The number of nitrogens with one attached hydrogen (secondary N) is 2. The predicted molar refractivity (Wildman–Crippen MR) is 109 cm³/mol. The lowest BCUT2D eigenvalue weighted by Gasteiger charge is -2.12. The van der Waals surface area contributed by atoms with E-state index in [1.54, 1.807) is 55.6 Å². The zero-order valence-corrected chi connectivity index (χ0v) is 15.9. The van der Waals surface area contributed by atoms with Crippen LogP contribution in [0, 0.1) is 5.82 Å². The number of hydrogen-bond acceptors (Lipinski definition) is 4. The number of carbonyl (C=O) groups excluding carboxylic acids is 2. The van der Waals surface area contributed by atoms with Crippen molar-refractivity contribution < 1.29 is 14.0 Å². The van der Waals surface area contributed by atoms with Crippen molar-refractivity contribution in [1.82, 2.24) is 4.98 Å². The van der Waals surface area contributed by atoms with E-state index in [1.165, 1.54) is 30.0 Å². The lowest BCUT2D eigenvalue weighted by Crippen LogP contribution is -2.22. The van der Waals surface area contributed by atoms with E-state index in [9.17, 15) is 14.0 Å². The fourth-order valence-corrected chi connectivity index (χ4v) is 3.34. The van der Waals surface area contributed by atoms with Gasteiger partial charge >= 0.3 is 0 Å². The molecule has 0 saturated carbocycles. The number of aromatic nitrogens is 1. The Morgan fingerprint density at radius 1 is 1.00 bits per heavy atom. The average molecular weight is 395 g/mol. The number of carbonyl (C=O) groups is 2. The molecule has 2 N–H and O–H groups in total. The topological polar surface area (TPSA) is 71.1 Å². The maximum absolute atomic E-state index is 13.7. The first-order chi connectivity index (χ1) is 13.5. The van der Waals surface area contributed by atoms with Gasteiger partial charge in [-0.15, -0.1) is 11.8 Å². The van der Waals surface area contributed by atoms with E-state index in [2.05, 4.69) is 15.6 Å². The van der Waals surface area contributed by atoms with Gasteiger partial charge in [-0.1, -0.05) is 24.3 Å². The molecule has 0 aliphatic carbocycles. The van der Waals surface area contributed by atoms with Crippen molar-refractivity contribution in [2.45, 2.75) is 17.1 Å². The number of hydrogen-bond donors (Lipinski definition) is 2. The van der Waals surface area contributed by atoms with E-state index in [0.717, 1.165) is 4.90 Å². The Balaban J connectivity index is 1.63. The zero-order valence-electron chi connectivity index (χ0n) is 15.1. The van der Waals surface area contributed by atoms with Crippen LogP contribution in [0.2, 0.25) is 0 Å². The second-order valence-corrected chi connectivity index (χ2v) is 7.34. The smallest absolute Gasteiger partial charge is 0.258 e. The van der Waals surface area contributed by atoms with Crippen molar-refractivity contribution in [1.29, 1.82) is 0 Å². The summed E-state index contributed by atoms with van der Waals surface area (Å²) in [6, 6.07) is 18.1. The highest BCUT2D eigenvalue weighted by Crippen LogP contribution is 2.26. The number of amides is 2. The molecule has 3 rings (SSSR count). The molecule has 1 heterocycles. The third-order valence-electron chi connectivity index (χ3n) is 3.81. The van der Waals surface area contributed by atoms with Crippen LogP contribution in [0.15, 0.2) is 77.8 Å². The predicted octanol–water partition coefficient (Wildman–Crippen LogP) is 4.59. The van der Waals surface area contributed by atoms with Gasteiger partial charge in [0.25, 0.3) is 5.91 Å². The molecule has 1 aromatic heterocycles. The number of benzene rings is 2. The first-order valence-electron chi connectivity index (χ1n) is 8.57. The van der Waals surface area contributed by atoms with Crippen LogP contribution in [0.4, 0.5) is 15.9 Å². The quantitative estimate of drug-likeness (QED) is 0.599.